The summed E-state index contributed by atoms with van der Waals surface area (Å²) in [5, 5.41) is 13.8. The molecule has 0 aliphatic carbocycles. The van der Waals surface area contributed by atoms with Gasteiger partial charge in [0.2, 0.25) is 0 Å². The SMILES string of the molecule is c1ccc(-c2cc(-n3c4cc5ccccc5cc4c4c5ccccc5ccc43)c3ccccc3c2-c2nc(-c3ccc4ccccc4c3)nc(-c3cccc4c3oc3ccccc34)n2)cc1. The molecule has 0 atom stereocenters. The van der Waals surface area contributed by atoms with Crippen LogP contribution in [0.4, 0.5) is 0 Å². The van der Waals surface area contributed by atoms with Gasteiger partial charge in [0.1, 0.15) is 11.2 Å². The number of aromatic nitrogens is 4. The van der Waals surface area contributed by atoms with Crippen molar-refractivity contribution >= 4 is 86.8 Å². The van der Waals surface area contributed by atoms with Crippen molar-refractivity contribution in [3.8, 4) is 51.0 Å². The molecule has 0 radical (unpaired) electrons. The third kappa shape index (κ3) is 5.57. The highest BCUT2D eigenvalue weighted by Gasteiger charge is 2.25. The quantitative estimate of drug-likeness (QED) is 0.173. The highest BCUT2D eigenvalue weighted by atomic mass is 16.3. The van der Waals surface area contributed by atoms with Gasteiger partial charge in [-0.25, -0.2) is 15.0 Å². The standard InChI is InChI=1S/C61H36N4O/c1-2-16-38(17-3-1)50-36-54(65-52-32-31-39-18-8-9-22-44(39)56(52)51-34-41-20-6-7-21-42(41)35-53(51)65)45-23-10-11-25-47(45)57(50)61-63-59(43-30-29-37-15-4-5-19-40(37)33-43)62-60(64-61)49-27-14-26-48-46-24-12-13-28-55(46)66-58(48)49/h1-36H. The summed E-state index contributed by atoms with van der Waals surface area (Å²) in [6.07, 6.45) is 0. The van der Waals surface area contributed by atoms with Crippen LogP contribution in [-0.4, -0.2) is 19.5 Å². The van der Waals surface area contributed by atoms with Crippen LogP contribution in [0.3, 0.4) is 0 Å². The van der Waals surface area contributed by atoms with E-state index in [2.05, 4.69) is 205 Å². The summed E-state index contributed by atoms with van der Waals surface area (Å²) in [5.74, 6) is 1.71. The fourth-order valence-corrected chi connectivity index (χ4v) is 10.3. The third-order valence-corrected chi connectivity index (χ3v) is 13.4. The van der Waals surface area contributed by atoms with Crippen LogP contribution in [-0.2, 0) is 0 Å². The molecule has 0 N–H and O–H groups in total. The zero-order valence-corrected chi connectivity index (χ0v) is 35.5. The number of hydrogen-bond acceptors (Lipinski definition) is 4. The van der Waals surface area contributed by atoms with Crippen LogP contribution in [0.25, 0.3) is 138 Å². The first-order chi connectivity index (χ1) is 32.7. The summed E-state index contributed by atoms with van der Waals surface area (Å²) in [6, 6.07) is 77.7. The lowest BCUT2D eigenvalue weighted by molar-refractivity contribution is 0.669. The molecule has 0 fully saturated rings. The molecule has 14 rings (SSSR count). The number of rotatable bonds is 5. The van der Waals surface area contributed by atoms with Gasteiger partial charge in [0, 0.05) is 38.1 Å². The van der Waals surface area contributed by atoms with Gasteiger partial charge in [-0.1, -0.05) is 176 Å². The fourth-order valence-electron chi connectivity index (χ4n) is 10.3. The molecule has 0 saturated carbocycles. The highest BCUT2D eigenvalue weighted by Crippen LogP contribution is 2.46. The lowest BCUT2D eigenvalue weighted by Crippen LogP contribution is -2.04. The molecule has 5 heteroatoms. The van der Waals surface area contributed by atoms with Crippen molar-refractivity contribution in [1.82, 2.24) is 19.5 Å². The number of benzene rings is 11. The van der Waals surface area contributed by atoms with Crippen LogP contribution in [0.2, 0.25) is 0 Å². The van der Waals surface area contributed by atoms with Crippen LogP contribution >= 0.6 is 0 Å². The van der Waals surface area contributed by atoms with Crippen molar-refractivity contribution in [2.75, 3.05) is 0 Å². The van der Waals surface area contributed by atoms with Crippen molar-refractivity contribution in [2.24, 2.45) is 0 Å². The largest absolute Gasteiger partial charge is 0.455 e. The normalized spacial score (nSPS) is 11.9. The number of furan rings is 1. The van der Waals surface area contributed by atoms with E-state index in [-0.39, 0.29) is 0 Å². The summed E-state index contributed by atoms with van der Waals surface area (Å²) in [4.78, 5) is 16.3. The molecule has 0 aliphatic rings. The number of para-hydroxylation sites is 2. The van der Waals surface area contributed by atoms with Crippen molar-refractivity contribution in [3.05, 3.63) is 218 Å². The lowest BCUT2D eigenvalue weighted by Gasteiger charge is -2.19. The van der Waals surface area contributed by atoms with E-state index in [9.17, 15) is 0 Å². The first-order valence-electron chi connectivity index (χ1n) is 22.3. The molecular weight excluding hydrogens is 805 g/mol. The predicted molar refractivity (Wildman–Crippen MR) is 273 cm³/mol. The van der Waals surface area contributed by atoms with Gasteiger partial charge in [-0.2, -0.15) is 0 Å². The van der Waals surface area contributed by atoms with E-state index < -0.39 is 0 Å². The Morgan fingerprint density at radius 2 is 0.955 bits per heavy atom. The maximum Gasteiger partial charge on any atom is 0.167 e. The second-order valence-electron chi connectivity index (χ2n) is 17.1. The Bertz CT molecular complexity index is 4300. The van der Waals surface area contributed by atoms with Gasteiger partial charge >= 0.3 is 0 Å². The third-order valence-electron chi connectivity index (χ3n) is 13.4. The molecule has 5 nitrogen and oxygen atoms in total. The maximum absolute atomic E-state index is 6.63. The average molecular weight is 841 g/mol. The predicted octanol–water partition coefficient (Wildman–Crippen LogP) is 16.1. The Balaban J connectivity index is 1.10. The van der Waals surface area contributed by atoms with E-state index in [1.54, 1.807) is 0 Å². The van der Waals surface area contributed by atoms with Crippen LogP contribution < -0.4 is 0 Å². The molecule has 11 aromatic carbocycles. The van der Waals surface area contributed by atoms with Crippen LogP contribution in [0.1, 0.15) is 0 Å². The monoisotopic (exact) mass is 840 g/mol. The molecule has 0 unspecified atom stereocenters. The molecule has 0 saturated heterocycles. The minimum Gasteiger partial charge on any atom is -0.455 e. The minimum atomic E-state index is 0.543. The van der Waals surface area contributed by atoms with E-state index >= 15 is 0 Å². The maximum atomic E-state index is 6.63. The Morgan fingerprint density at radius 3 is 1.79 bits per heavy atom. The minimum absolute atomic E-state index is 0.543. The molecule has 0 bridgehead atoms. The molecule has 0 amide bonds. The van der Waals surface area contributed by atoms with Crippen molar-refractivity contribution in [1.29, 1.82) is 0 Å². The zero-order valence-electron chi connectivity index (χ0n) is 35.5. The Hall–Kier alpha value is -8.93. The summed E-state index contributed by atoms with van der Waals surface area (Å²) in [5.41, 5.74) is 9.67. The van der Waals surface area contributed by atoms with Crippen molar-refractivity contribution in [2.45, 2.75) is 0 Å². The Kier molecular flexibility index (Phi) is 7.91. The van der Waals surface area contributed by atoms with Gasteiger partial charge in [0.25, 0.3) is 0 Å². The fraction of sp³-hybridized carbons (Fsp3) is 0. The molecule has 0 aliphatic heterocycles. The Morgan fingerprint density at radius 1 is 0.333 bits per heavy atom. The smallest absolute Gasteiger partial charge is 0.167 e. The zero-order chi connectivity index (χ0) is 43.3. The molecule has 14 aromatic rings. The summed E-state index contributed by atoms with van der Waals surface area (Å²) in [6.45, 7) is 0. The van der Waals surface area contributed by atoms with Crippen LogP contribution in [0.15, 0.2) is 223 Å². The van der Waals surface area contributed by atoms with E-state index in [1.165, 1.54) is 32.3 Å². The first-order valence-corrected chi connectivity index (χ1v) is 22.3. The molecule has 0 spiro atoms. The summed E-state index contributed by atoms with van der Waals surface area (Å²) < 4.78 is 9.10. The van der Waals surface area contributed by atoms with Gasteiger partial charge in [-0.05, 0) is 91.3 Å². The van der Waals surface area contributed by atoms with E-state index in [4.69, 9.17) is 19.4 Å². The van der Waals surface area contributed by atoms with Gasteiger partial charge in [0.15, 0.2) is 17.5 Å². The molecule has 3 aromatic heterocycles. The summed E-state index contributed by atoms with van der Waals surface area (Å²) >= 11 is 0. The van der Waals surface area contributed by atoms with Crippen LogP contribution in [0, 0.1) is 0 Å². The van der Waals surface area contributed by atoms with Crippen molar-refractivity contribution < 1.29 is 4.42 Å². The second kappa shape index (κ2) is 14.3. The van der Waals surface area contributed by atoms with Gasteiger partial charge in [-0.3, -0.25) is 0 Å². The van der Waals surface area contributed by atoms with E-state index in [1.807, 2.05) is 18.2 Å². The second-order valence-corrected chi connectivity index (χ2v) is 17.1. The number of hydrogen-bond donors (Lipinski definition) is 0. The van der Waals surface area contributed by atoms with E-state index in [0.29, 0.717) is 17.5 Å². The first kappa shape index (κ1) is 36.5. The average Bonchev–Trinajstić information content (AvgIpc) is 3.93. The number of nitrogens with zero attached hydrogens (tertiary/aromatic N) is 4. The van der Waals surface area contributed by atoms with Gasteiger partial charge in [0.05, 0.1) is 22.3 Å². The lowest BCUT2D eigenvalue weighted by atomic mass is 9.92. The summed E-state index contributed by atoms with van der Waals surface area (Å²) in [7, 11) is 0. The molecule has 306 valence electrons. The number of fused-ring (bicyclic) bond motifs is 11. The van der Waals surface area contributed by atoms with E-state index in [0.717, 1.165) is 88.0 Å². The molecular formula is C61H36N4O. The van der Waals surface area contributed by atoms with Gasteiger partial charge < -0.3 is 8.98 Å². The van der Waals surface area contributed by atoms with Crippen LogP contribution in [0.5, 0.6) is 0 Å². The highest BCUT2D eigenvalue weighted by molar-refractivity contribution is 6.24. The van der Waals surface area contributed by atoms with Gasteiger partial charge in [-0.15, -0.1) is 0 Å². The Labute approximate surface area is 378 Å². The molecule has 66 heavy (non-hydrogen) atoms. The topological polar surface area (TPSA) is 56.7 Å². The van der Waals surface area contributed by atoms with Crippen molar-refractivity contribution in [3.63, 3.8) is 0 Å². The molecule has 3 heterocycles.